The molecule has 0 saturated carbocycles. The molecule has 0 bridgehead atoms. The lowest BCUT2D eigenvalue weighted by Crippen LogP contribution is -2.26. The fourth-order valence-corrected chi connectivity index (χ4v) is 2.40. The van der Waals surface area contributed by atoms with Crippen LogP contribution >= 0.6 is 11.3 Å². The summed E-state index contributed by atoms with van der Waals surface area (Å²) in [6, 6.07) is 7.54. The van der Waals surface area contributed by atoms with E-state index >= 15 is 0 Å². The van der Waals surface area contributed by atoms with Crippen molar-refractivity contribution in [3.63, 3.8) is 0 Å². The van der Waals surface area contributed by atoms with E-state index in [1.54, 1.807) is 17.5 Å². The lowest BCUT2D eigenvalue weighted by Gasteiger charge is -2.10. The molecule has 0 fully saturated rings. The maximum atomic E-state index is 12.1. The Morgan fingerprint density at radius 2 is 2.21 bits per heavy atom. The van der Waals surface area contributed by atoms with Gasteiger partial charge in [-0.25, -0.2) is 4.98 Å². The Morgan fingerprint density at radius 1 is 1.37 bits per heavy atom. The standard InChI is InChI=1S/C14H17N3OS/c1-2-15-12-6-4-3-5-11(12)14(18)17-8-7-13-16-9-10-19-13/h3-6,9-10,15H,2,7-8H2,1H3,(H,17,18). The van der Waals surface area contributed by atoms with Crippen molar-refractivity contribution in [2.24, 2.45) is 0 Å². The maximum absolute atomic E-state index is 12.1. The van der Waals surface area contributed by atoms with Crippen molar-refractivity contribution in [2.45, 2.75) is 13.3 Å². The summed E-state index contributed by atoms with van der Waals surface area (Å²) in [7, 11) is 0. The molecule has 0 aliphatic rings. The van der Waals surface area contributed by atoms with Crippen LogP contribution in [0.5, 0.6) is 0 Å². The van der Waals surface area contributed by atoms with Crippen LogP contribution in [0.1, 0.15) is 22.3 Å². The summed E-state index contributed by atoms with van der Waals surface area (Å²) in [4.78, 5) is 16.3. The Kier molecular flexibility index (Phi) is 4.92. The zero-order valence-corrected chi connectivity index (χ0v) is 11.7. The normalized spacial score (nSPS) is 10.2. The van der Waals surface area contributed by atoms with E-state index in [2.05, 4.69) is 15.6 Å². The maximum Gasteiger partial charge on any atom is 0.253 e. The van der Waals surface area contributed by atoms with Gasteiger partial charge in [0, 0.05) is 36.8 Å². The van der Waals surface area contributed by atoms with Gasteiger partial charge in [0.1, 0.15) is 0 Å². The average molecular weight is 275 g/mol. The molecule has 19 heavy (non-hydrogen) atoms. The fourth-order valence-electron chi connectivity index (χ4n) is 1.78. The van der Waals surface area contributed by atoms with E-state index in [0.717, 1.165) is 23.7 Å². The zero-order chi connectivity index (χ0) is 13.5. The highest BCUT2D eigenvalue weighted by Crippen LogP contribution is 2.14. The lowest BCUT2D eigenvalue weighted by atomic mass is 10.1. The van der Waals surface area contributed by atoms with Gasteiger partial charge in [-0.3, -0.25) is 4.79 Å². The van der Waals surface area contributed by atoms with Crippen molar-refractivity contribution in [1.29, 1.82) is 0 Å². The molecule has 1 amide bonds. The van der Waals surface area contributed by atoms with Gasteiger partial charge in [-0.2, -0.15) is 0 Å². The van der Waals surface area contributed by atoms with Crippen LogP contribution in [0.25, 0.3) is 0 Å². The van der Waals surface area contributed by atoms with E-state index < -0.39 is 0 Å². The second-order valence-electron chi connectivity index (χ2n) is 4.01. The number of rotatable bonds is 6. The van der Waals surface area contributed by atoms with Crippen LogP contribution < -0.4 is 10.6 Å². The van der Waals surface area contributed by atoms with Gasteiger partial charge < -0.3 is 10.6 Å². The van der Waals surface area contributed by atoms with E-state index in [4.69, 9.17) is 0 Å². The Balaban J connectivity index is 1.92. The highest BCUT2D eigenvalue weighted by molar-refractivity contribution is 7.09. The van der Waals surface area contributed by atoms with Crippen LogP contribution in [0.2, 0.25) is 0 Å². The largest absolute Gasteiger partial charge is 0.385 e. The number of carbonyl (C=O) groups excluding carboxylic acids is 1. The molecule has 0 unspecified atom stereocenters. The van der Waals surface area contributed by atoms with Crippen LogP contribution in [0.15, 0.2) is 35.8 Å². The van der Waals surface area contributed by atoms with Gasteiger partial charge in [0.25, 0.3) is 5.91 Å². The third kappa shape index (κ3) is 3.79. The molecule has 0 aliphatic heterocycles. The first-order valence-electron chi connectivity index (χ1n) is 6.30. The SMILES string of the molecule is CCNc1ccccc1C(=O)NCCc1nccs1. The van der Waals surface area contributed by atoms with Gasteiger partial charge in [-0.15, -0.1) is 11.3 Å². The van der Waals surface area contributed by atoms with Crippen LogP contribution in [0, 0.1) is 0 Å². The second kappa shape index (κ2) is 6.89. The molecule has 100 valence electrons. The van der Waals surface area contributed by atoms with Crippen molar-refractivity contribution >= 4 is 22.9 Å². The predicted octanol–water partition coefficient (Wildman–Crippen LogP) is 2.55. The summed E-state index contributed by atoms with van der Waals surface area (Å²) in [5.74, 6) is -0.0480. The average Bonchev–Trinajstić information content (AvgIpc) is 2.93. The number of carbonyl (C=O) groups is 1. The van der Waals surface area contributed by atoms with Gasteiger partial charge in [-0.1, -0.05) is 12.1 Å². The molecular formula is C14H17N3OS. The number of hydrogen-bond donors (Lipinski definition) is 2. The molecule has 1 heterocycles. The fraction of sp³-hybridized carbons (Fsp3) is 0.286. The van der Waals surface area contributed by atoms with Crippen molar-refractivity contribution in [3.8, 4) is 0 Å². The third-order valence-corrected chi connectivity index (χ3v) is 3.49. The number of para-hydroxylation sites is 1. The van der Waals surface area contributed by atoms with E-state index in [9.17, 15) is 4.79 Å². The van der Waals surface area contributed by atoms with Crippen LogP contribution in [0.4, 0.5) is 5.69 Å². The Bertz CT molecular complexity index is 525. The lowest BCUT2D eigenvalue weighted by molar-refractivity contribution is 0.0955. The molecule has 0 radical (unpaired) electrons. The topological polar surface area (TPSA) is 54.0 Å². The van der Waals surface area contributed by atoms with Gasteiger partial charge in [0.2, 0.25) is 0 Å². The molecule has 1 aromatic heterocycles. The number of amides is 1. The molecule has 1 aromatic carbocycles. The molecular weight excluding hydrogens is 258 g/mol. The van der Waals surface area contributed by atoms with Crippen molar-refractivity contribution in [2.75, 3.05) is 18.4 Å². The van der Waals surface area contributed by atoms with Gasteiger partial charge in [0.05, 0.1) is 10.6 Å². The molecule has 4 nitrogen and oxygen atoms in total. The summed E-state index contributed by atoms with van der Waals surface area (Å²) in [6.45, 7) is 3.41. The predicted molar refractivity (Wildman–Crippen MR) is 78.8 cm³/mol. The van der Waals surface area contributed by atoms with Crippen molar-refractivity contribution in [3.05, 3.63) is 46.4 Å². The molecule has 2 aromatic rings. The Morgan fingerprint density at radius 3 is 2.95 bits per heavy atom. The Hall–Kier alpha value is -1.88. The molecule has 0 spiro atoms. The third-order valence-electron chi connectivity index (χ3n) is 2.65. The first-order valence-corrected chi connectivity index (χ1v) is 7.18. The minimum atomic E-state index is -0.0480. The molecule has 0 saturated heterocycles. The molecule has 0 aliphatic carbocycles. The molecule has 0 atom stereocenters. The van der Waals surface area contributed by atoms with E-state index in [-0.39, 0.29) is 5.91 Å². The highest BCUT2D eigenvalue weighted by Gasteiger charge is 2.09. The van der Waals surface area contributed by atoms with E-state index in [1.165, 1.54) is 0 Å². The second-order valence-corrected chi connectivity index (χ2v) is 4.99. The molecule has 2 rings (SSSR count). The minimum absolute atomic E-state index is 0.0480. The number of anilines is 1. The molecule has 5 heteroatoms. The van der Waals surface area contributed by atoms with Gasteiger partial charge >= 0.3 is 0 Å². The van der Waals surface area contributed by atoms with Crippen LogP contribution in [-0.2, 0) is 6.42 Å². The van der Waals surface area contributed by atoms with Crippen molar-refractivity contribution in [1.82, 2.24) is 10.3 Å². The van der Waals surface area contributed by atoms with Gasteiger partial charge in [0.15, 0.2) is 0 Å². The number of hydrogen-bond acceptors (Lipinski definition) is 4. The van der Waals surface area contributed by atoms with E-state index in [1.807, 2.05) is 36.6 Å². The smallest absolute Gasteiger partial charge is 0.253 e. The Labute approximate surface area is 116 Å². The van der Waals surface area contributed by atoms with E-state index in [0.29, 0.717) is 12.1 Å². The summed E-state index contributed by atoms with van der Waals surface area (Å²) in [5, 5.41) is 9.10. The summed E-state index contributed by atoms with van der Waals surface area (Å²) in [5.41, 5.74) is 1.56. The number of thiazole rings is 1. The first kappa shape index (κ1) is 13.5. The molecule has 2 N–H and O–H groups in total. The number of nitrogens with one attached hydrogen (secondary N) is 2. The van der Waals surface area contributed by atoms with Gasteiger partial charge in [-0.05, 0) is 19.1 Å². The summed E-state index contributed by atoms with van der Waals surface area (Å²) < 4.78 is 0. The number of aromatic nitrogens is 1. The highest BCUT2D eigenvalue weighted by atomic mass is 32.1. The van der Waals surface area contributed by atoms with Crippen molar-refractivity contribution < 1.29 is 4.79 Å². The zero-order valence-electron chi connectivity index (χ0n) is 10.8. The number of benzene rings is 1. The minimum Gasteiger partial charge on any atom is -0.385 e. The monoisotopic (exact) mass is 275 g/mol. The van der Waals surface area contributed by atoms with Crippen LogP contribution in [-0.4, -0.2) is 24.0 Å². The van der Waals surface area contributed by atoms with Crippen LogP contribution in [0.3, 0.4) is 0 Å². The number of nitrogens with zero attached hydrogens (tertiary/aromatic N) is 1. The first-order chi connectivity index (χ1) is 9.31. The summed E-state index contributed by atoms with van der Waals surface area (Å²) in [6.07, 6.45) is 2.55. The quantitative estimate of drug-likeness (QED) is 0.852. The summed E-state index contributed by atoms with van der Waals surface area (Å²) >= 11 is 1.61.